The molecule has 0 fully saturated rings. The molecule has 0 saturated heterocycles. The summed E-state index contributed by atoms with van der Waals surface area (Å²) >= 11 is 0. The largest absolute Gasteiger partial charge is 0.289 e. The van der Waals surface area contributed by atoms with Crippen LogP contribution in [0.4, 0.5) is 0 Å². The standard InChI is InChI=1S/C17H15N3O3/c21-16(19-23-11-13-6-2-1-3-7-13)10-20-12-18-15-9-5-4-8-14(15)17(20)22/h1-9,12H,10-11H2,(H,19,21). The highest BCUT2D eigenvalue weighted by molar-refractivity contribution is 5.78. The van der Waals surface area contributed by atoms with Gasteiger partial charge < -0.3 is 0 Å². The average Bonchev–Trinajstić information content (AvgIpc) is 2.59. The van der Waals surface area contributed by atoms with E-state index in [0.29, 0.717) is 10.9 Å². The van der Waals surface area contributed by atoms with Gasteiger partial charge in [0.05, 0.1) is 23.8 Å². The van der Waals surface area contributed by atoms with E-state index < -0.39 is 5.91 Å². The lowest BCUT2D eigenvalue weighted by atomic mass is 10.2. The van der Waals surface area contributed by atoms with Crippen molar-refractivity contribution < 1.29 is 9.63 Å². The second kappa shape index (κ2) is 6.85. The maximum atomic E-state index is 12.3. The number of hydrogen-bond acceptors (Lipinski definition) is 4. The van der Waals surface area contributed by atoms with Crippen LogP contribution in [0.3, 0.4) is 0 Å². The molecule has 1 N–H and O–H groups in total. The number of hydrogen-bond donors (Lipinski definition) is 1. The Hall–Kier alpha value is -2.99. The number of hydroxylamine groups is 1. The molecule has 0 radical (unpaired) electrons. The zero-order valence-electron chi connectivity index (χ0n) is 12.3. The molecule has 6 nitrogen and oxygen atoms in total. The SMILES string of the molecule is O=C(Cn1cnc2ccccc2c1=O)NOCc1ccccc1. The molecule has 0 aliphatic rings. The van der Waals surface area contributed by atoms with Crippen molar-refractivity contribution in [2.45, 2.75) is 13.2 Å². The van der Waals surface area contributed by atoms with E-state index in [4.69, 9.17) is 4.84 Å². The van der Waals surface area contributed by atoms with E-state index >= 15 is 0 Å². The molecule has 0 bridgehead atoms. The van der Waals surface area contributed by atoms with Gasteiger partial charge in [-0.2, -0.15) is 0 Å². The van der Waals surface area contributed by atoms with E-state index in [9.17, 15) is 9.59 Å². The molecular weight excluding hydrogens is 294 g/mol. The zero-order chi connectivity index (χ0) is 16.1. The van der Waals surface area contributed by atoms with Crippen molar-refractivity contribution in [3.8, 4) is 0 Å². The second-order valence-corrected chi connectivity index (χ2v) is 4.99. The molecule has 3 aromatic rings. The first-order valence-electron chi connectivity index (χ1n) is 7.13. The van der Waals surface area contributed by atoms with Crippen LogP contribution in [-0.2, 0) is 22.8 Å². The highest BCUT2D eigenvalue weighted by Gasteiger charge is 2.07. The summed E-state index contributed by atoms with van der Waals surface area (Å²) in [5.41, 5.74) is 3.62. The number of amides is 1. The van der Waals surface area contributed by atoms with Gasteiger partial charge in [-0.25, -0.2) is 10.5 Å². The third-order valence-corrected chi connectivity index (χ3v) is 3.31. The highest BCUT2D eigenvalue weighted by atomic mass is 16.6. The fourth-order valence-corrected chi connectivity index (χ4v) is 2.18. The van der Waals surface area contributed by atoms with Gasteiger partial charge in [0, 0.05) is 0 Å². The summed E-state index contributed by atoms with van der Waals surface area (Å²) < 4.78 is 1.25. The van der Waals surface area contributed by atoms with Crippen LogP contribution in [-0.4, -0.2) is 15.5 Å². The first-order valence-corrected chi connectivity index (χ1v) is 7.13. The topological polar surface area (TPSA) is 73.2 Å². The van der Waals surface area contributed by atoms with Gasteiger partial charge in [-0.3, -0.25) is 19.0 Å². The lowest BCUT2D eigenvalue weighted by Gasteiger charge is -2.08. The quantitative estimate of drug-likeness (QED) is 0.727. The molecule has 116 valence electrons. The smallest absolute Gasteiger partial charge is 0.263 e. The first kappa shape index (κ1) is 14.9. The molecular formula is C17H15N3O3. The maximum Gasteiger partial charge on any atom is 0.263 e. The van der Waals surface area contributed by atoms with Crippen molar-refractivity contribution in [1.29, 1.82) is 0 Å². The summed E-state index contributed by atoms with van der Waals surface area (Å²) in [6.45, 7) is 0.114. The van der Waals surface area contributed by atoms with Crippen molar-refractivity contribution in [3.05, 3.63) is 76.8 Å². The van der Waals surface area contributed by atoms with E-state index in [-0.39, 0.29) is 18.7 Å². The lowest BCUT2D eigenvalue weighted by Crippen LogP contribution is -2.32. The van der Waals surface area contributed by atoms with Crippen LogP contribution in [0, 0.1) is 0 Å². The summed E-state index contributed by atoms with van der Waals surface area (Å²) in [5.74, 6) is -0.417. The minimum atomic E-state index is -0.417. The van der Waals surface area contributed by atoms with Gasteiger partial charge in [0.2, 0.25) is 0 Å². The number of benzene rings is 2. The van der Waals surface area contributed by atoms with E-state index in [1.54, 1.807) is 18.2 Å². The van der Waals surface area contributed by atoms with E-state index in [1.807, 2.05) is 36.4 Å². The van der Waals surface area contributed by atoms with Gasteiger partial charge in [0.25, 0.3) is 11.5 Å². The number of carbonyl (C=O) groups excluding carboxylic acids is 1. The summed E-state index contributed by atoms with van der Waals surface area (Å²) in [7, 11) is 0. The van der Waals surface area contributed by atoms with Crippen molar-refractivity contribution in [1.82, 2.24) is 15.0 Å². The number of para-hydroxylation sites is 1. The Labute approximate surface area is 132 Å². The average molecular weight is 309 g/mol. The maximum absolute atomic E-state index is 12.3. The van der Waals surface area contributed by atoms with Gasteiger partial charge in [-0.1, -0.05) is 42.5 Å². The molecule has 0 atom stereocenters. The Bertz CT molecular complexity index is 875. The molecule has 3 rings (SSSR count). The number of aromatic nitrogens is 2. The fourth-order valence-electron chi connectivity index (χ4n) is 2.18. The van der Waals surface area contributed by atoms with Gasteiger partial charge in [0.1, 0.15) is 6.54 Å². The van der Waals surface area contributed by atoms with Gasteiger partial charge in [-0.05, 0) is 17.7 Å². The Morgan fingerprint density at radius 1 is 1.09 bits per heavy atom. The number of nitrogens with one attached hydrogen (secondary N) is 1. The van der Waals surface area contributed by atoms with Crippen LogP contribution in [0.25, 0.3) is 10.9 Å². The monoisotopic (exact) mass is 309 g/mol. The van der Waals surface area contributed by atoms with Crippen LogP contribution in [0.1, 0.15) is 5.56 Å². The Morgan fingerprint density at radius 3 is 2.65 bits per heavy atom. The van der Waals surface area contributed by atoms with Crippen molar-refractivity contribution in [2.75, 3.05) is 0 Å². The molecule has 1 amide bonds. The molecule has 0 unspecified atom stereocenters. The second-order valence-electron chi connectivity index (χ2n) is 4.99. The third-order valence-electron chi connectivity index (χ3n) is 3.31. The Morgan fingerprint density at radius 2 is 1.83 bits per heavy atom. The zero-order valence-corrected chi connectivity index (χ0v) is 12.3. The molecule has 23 heavy (non-hydrogen) atoms. The molecule has 0 aliphatic carbocycles. The predicted octanol–water partition coefficient (Wildman–Crippen LogP) is 1.64. The molecule has 1 heterocycles. The normalized spacial score (nSPS) is 10.6. The van der Waals surface area contributed by atoms with Crippen LogP contribution in [0.15, 0.2) is 65.7 Å². The number of fused-ring (bicyclic) bond motifs is 1. The van der Waals surface area contributed by atoms with Crippen LogP contribution in [0.5, 0.6) is 0 Å². The minimum absolute atomic E-state index is 0.147. The molecule has 0 aliphatic heterocycles. The van der Waals surface area contributed by atoms with Crippen LogP contribution >= 0.6 is 0 Å². The first-order chi connectivity index (χ1) is 11.2. The summed E-state index contributed by atoms with van der Waals surface area (Å²) in [5, 5.41) is 0.480. The van der Waals surface area contributed by atoms with E-state index in [2.05, 4.69) is 10.5 Å². The summed E-state index contributed by atoms with van der Waals surface area (Å²) in [4.78, 5) is 33.4. The van der Waals surface area contributed by atoms with Crippen molar-refractivity contribution in [3.63, 3.8) is 0 Å². The van der Waals surface area contributed by atoms with Crippen LogP contribution < -0.4 is 11.0 Å². The van der Waals surface area contributed by atoms with Gasteiger partial charge >= 0.3 is 0 Å². The molecule has 0 spiro atoms. The van der Waals surface area contributed by atoms with Crippen molar-refractivity contribution >= 4 is 16.8 Å². The number of nitrogens with zero attached hydrogens (tertiary/aromatic N) is 2. The van der Waals surface area contributed by atoms with E-state index in [0.717, 1.165) is 5.56 Å². The highest BCUT2D eigenvalue weighted by Crippen LogP contribution is 2.04. The van der Waals surface area contributed by atoms with Gasteiger partial charge in [-0.15, -0.1) is 0 Å². The number of carbonyl (C=O) groups is 1. The van der Waals surface area contributed by atoms with Gasteiger partial charge in [0.15, 0.2) is 0 Å². The Kier molecular flexibility index (Phi) is 4.44. The summed E-state index contributed by atoms with van der Waals surface area (Å²) in [6, 6.07) is 16.5. The third kappa shape index (κ3) is 3.61. The lowest BCUT2D eigenvalue weighted by molar-refractivity contribution is -0.135. The molecule has 2 aromatic carbocycles. The molecule has 0 saturated carbocycles. The molecule has 6 heteroatoms. The Balaban J connectivity index is 1.62. The fraction of sp³-hybridized carbons (Fsp3) is 0.118. The molecule has 1 aromatic heterocycles. The van der Waals surface area contributed by atoms with Crippen LogP contribution in [0.2, 0.25) is 0 Å². The van der Waals surface area contributed by atoms with E-state index in [1.165, 1.54) is 10.9 Å². The minimum Gasteiger partial charge on any atom is -0.289 e. The van der Waals surface area contributed by atoms with Crippen molar-refractivity contribution in [2.24, 2.45) is 0 Å². The predicted molar refractivity (Wildman–Crippen MR) is 85.4 cm³/mol. The summed E-state index contributed by atoms with van der Waals surface area (Å²) in [6.07, 6.45) is 1.36. The number of rotatable bonds is 5.